The number of rotatable bonds is 6. The standard InChI is InChI=1S/C25H22N6O2/c1-17-13-27-20(14-26-17)15-28-25(32)23-10-11-31(29-23)24-9-8-21-7-6-19(16-30(21)24)18-4-3-5-22(12-18)33-2/h3-14,16H,15H2,1-2H3,(H,28,32). The molecule has 164 valence electrons. The van der Waals surface area contributed by atoms with Gasteiger partial charge in [0.25, 0.3) is 5.91 Å². The van der Waals surface area contributed by atoms with E-state index in [0.29, 0.717) is 11.4 Å². The Morgan fingerprint density at radius 1 is 1.03 bits per heavy atom. The Bertz CT molecular complexity index is 1440. The Labute approximate surface area is 190 Å². The number of aryl methyl sites for hydroxylation is 1. The molecule has 1 aromatic carbocycles. The van der Waals surface area contributed by atoms with Gasteiger partial charge in [0.2, 0.25) is 0 Å². The third kappa shape index (κ3) is 4.18. The van der Waals surface area contributed by atoms with Crippen LogP contribution in [0.15, 0.2) is 79.4 Å². The van der Waals surface area contributed by atoms with Crippen LogP contribution in [-0.4, -0.2) is 37.2 Å². The molecule has 0 aliphatic heterocycles. The zero-order chi connectivity index (χ0) is 22.8. The molecule has 4 heterocycles. The fourth-order valence-corrected chi connectivity index (χ4v) is 3.59. The predicted octanol–water partition coefficient (Wildman–Crippen LogP) is 3.83. The minimum Gasteiger partial charge on any atom is -0.497 e. The maximum absolute atomic E-state index is 12.6. The number of pyridine rings is 1. The normalized spacial score (nSPS) is 11.0. The van der Waals surface area contributed by atoms with E-state index < -0.39 is 0 Å². The minimum atomic E-state index is -0.269. The summed E-state index contributed by atoms with van der Waals surface area (Å²) < 4.78 is 9.10. The molecule has 0 spiro atoms. The van der Waals surface area contributed by atoms with Crippen molar-refractivity contribution in [2.45, 2.75) is 13.5 Å². The second kappa shape index (κ2) is 8.58. The van der Waals surface area contributed by atoms with Crippen molar-refractivity contribution < 1.29 is 9.53 Å². The second-order valence-corrected chi connectivity index (χ2v) is 7.61. The fraction of sp³-hybridized carbons (Fsp3) is 0.120. The molecule has 8 nitrogen and oxygen atoms in total. The number of hydrogen-bond acceptors (Lipinski definition) is 5. The van der Waals surface area contributed by atoms with Gasteiger partial charge >= 0.3 is 0 Å². The van der Waals surface area contributed by atoms with Gasteiger partial charge in [-0.2, -0.15) is 5.10 Å². The van der Waals surface area contributed by atoms with Gasteiger partial charge in [0.1, 0.15) is 11.6 Å². The SMILES string of the molecule is COc1cccc(-c2ccc3ccc(-n4ccc(C(=O)NCc5cnc(C)cn5)n4)n3c2)c1. The Kier molecular flexibility index (Phi) is 5.32. The molecular formula is C25H22N6O2. The van der Waals surface area contributed by atoms with Gasteiger partial charge in [0.15, 0.2) is 5.69 Å². The van der Waals surface area contributed by atoms with Crippen molar-refractivity contribution in [3.8, 4) is 22.7 Å². The lowest BCUT2D eigenvalue weighted by Gasteiger charge is -2.08. The largest absolute Gasteiger partial charge is 0.497 e. The van der Waals surface area contributed by atoms with E-state index in [4.69, 9.17) is 4.74 Å². The monoisotopic (exact) mass is 438 g/mol. The van der Waals surface area contributed by atoms with Gasteiger partial charge < -0.3 is 14.5 Å². The molecule has 1 N–H and O–H groups in total. The van der Waals surface area contributed by atoms with Crippen molar-refractivity contribution in [1.82, 2.24) is 29.5 Å². The minimum absolute atomic E-state index is 0.269. The van der Waals surface area contributed by atoms with Crippen molar-refractivity contribution in [2.24, 2.45) is 0 Å². The first-order valence-corrected chi connectivity index (χ1v) is 10.5. The van der Waals surface area contributed by atoms with Crippen LogP contribution in [0.1, 0.15) is 21.9 Å². The average Bonchev–Trinajstić information content (AvgIpc) is 3.50. The number of nitrogens with zero attached hydrogens (tertiary/aromatic N) is 5. The van der Waals surface area contributed by atoms with Crippen LogP contribution in [0.3, 0.4) is 0 Å². The van der Waals surface area contributed by atoms with Crippen LogP contribution in [0.25, 0.3) is 22.5 Å². The van der Waals surface area contributed by atoms with E-state index >= 15 is 0 Å². The number of benzene rings is 1. The predicted molar refractivity (Wildman–Crippen MR) is 124 cm³/mol. The lowest BCUT2D eigenvalue weighted by atomic mass is 10.1. The van der Waals surface area contributed by atoms with Crippen LogP contribution in [0.5, 0.6) is 5.75 Å². The summed E-state index contributed by atoms with van der Waals surface area (Å²) in [6, 6.07) is 17.7. The molecule has 0 atom stereocenters. The quantitative estimate of drug-likeness (QED) is 0.435. The molecule has 0 radical (unpaired) electrons. The number of carbonyl (C=O) groups excluding carboxylic acids is 1. The van der Waals surface area contributed by atoms with E-state index in [0.717, 1.165) is 33.9 Å². The Hall–Kier alpha value is -4.46. The fourth-order valence-electron chi connectivity index (χ4n) is 3.59. The van der Waals surface area contributed by atoms with E-state index in [1.807, 2.05) is 47.7 Å². The van der Waals surface area contributed by atoms with Gasteiger partial charge in [-0.1, -0.05) is 18.2 Å². The average molecular weight is 438 g/mol. The van der Waals surface area contributed by atoms with Crippen LogP contribution in [0, 0.1) is 6.92 Å². The highest BCUT2D eigenvalue weighted by Gasteiger charge is 2.13. The van der Waals surface area contributed by atoms with Gasteiger partial charge in [-0.05, 0) is 54.4 Å². The zero-order valence-corrected chi connectivity index (χ0v) is 18.3. The number of aromatic nitrogens is 5. The summed E-state index contributed by atoms with van der Waals surface area (Å²) in [6.45, 7) is 2.16. The number of hydrogen-bond donors (Lipinski definition) is 1. The molecular weight excluding hydrogens is 416 g/mol. The van der Waals surface area contributed by atoms with Crippen LogP contribution < -0.4 is 10.1 Å². The number of ether oxygens (including phenoxy) is 1. The molecule has 0 saturated carbocycles. The van der Waals surface area contributed by atoms with Gasteiger partial charge in [-0.15, -0.1) is 0 Å². The highest BCUT2D eigenvalue weighted by Crippen LogP contribution is 2.26. The third-order valence-electron chi connectivity index (χ3n) is 5.35. The van der Waals surface area contributed by atoms with Gasteiger partial charge in [-0.3, -0.25) is 14.8 Å². The number of methoxy groups -OCH3 is 1. The first-order valence-electron chi connectivity index (χ1n) is 10.5. The molecule has 0 unspecified atom stereocenters. The van der Waals surface area contributed by atoms with Gasteiger partial charge in [0.05, 0.1) is 31.2 Å². The summed E-state index contributed by atoms with van der Waals surface area (Å²) in [5.41, 5.74) is 4.97. The van der Waals surface area contributed by atoms with Crippen LogP contribution >= 0.6 is 0 Å². The van der Waals surface area contributed by atoms with Crippen molar-refractivity contribution >= 4 is 11.4 Å². The Balaban J connectivity index is 1.39. The molecule has 8 heteroatoms. The molecule has 0 aliphatic rings. The molecule has 5 rings (SSSR count). The van der Waals surface area contributed by atoms with Crippen molar-refractivity contribution in [1.29, 1.82) is 0 Å². The van der Waals surface area contributed by atoms with Crippen LogP contribution in [0.4, 0.5) is 0 Å². The number of carbonyl (C=O) groups is 1. The molecule has 1 amide bonds. The van der Waals surface area contributed by atoms with E-state index in [9.17, 15) is 4.79 Å². The molecule has 33 heavy (non-hydrogen) atoms. The highest BCUT2D eigenvalue weighted by molar-refractivity contribution is 5.92. The lowest BCUT2D eigenvalue weighted by molar-refractivity contribution is 0.0945. The molecule has 4 aromatic heterocycles. The maximum atomic E-state index is 12.6. The summed E-state index contributed by atoms with van der Waals surface area (Å²) >= 11 is 0. The summed E-state index contributed by atoms with van der Waals surface area (Å²) in [6.07, 6.45) is 7.16. The smallest absolute Gasteiger partial charge is 0.272 e. The first kappa shape index (κ1) is 20.4. The van der Waals surface area contributed by atoms with E-state index in [1.54, 1.807) is 36.4 Å². The number of nitrogens with one attached hydrogen (secondary N) is 1. The summed E-state index contributed by atoms with van der Waals surface area (Å²) in [4.78, 5) is 21.0. The van der Waals surface area contributed by atoms with Gasteiger partial charge in [0, 0.05) is 24.1 Å². The van der Waals surface area contributed by atoms with E-state index in [2.05, 4.69) is 38.7 Å². The summed E-state index contributed by atoms with van der Waals surface area (Å²) in [5, 5.41) is 7.32. The second-order valence-electron chi connectivity index (χ2n) is 7.61. The van der Waals surface area contributed by atoms with E-state index in [1.165, 1.54) is 0 Å². The molecule has 0 bridgehead atoms. The molecule has 0 saturated heterocycles. The van der Waals surface area contributed by atoms with E-state index in [-0.39, 0.29) is 12.5 Å². The molecule has 0 fully saturated rings. The van der Waals surface area contributed by atoms with Crippen LogP contribution in [0.2, 0.25) is 0 Å². The maximum Gasteiger partial charge on any atom is 0.272 e. The van der Waals surface area contributed by atoms with Crippen LogP contribution in [-0.2, 0) is 6.54 Å². The number of amides is 1. The van der Waals surface area contributed by atoms with Gasteiger partial charge in [-0.25, -0.2) is 4.68 Å². The zero-order valence-electron chi connectivity index (χ0n) is 18.3. The Morgan fingerprint density at radius 3 is 2.73 bits per heavy atom. The van der Waals surface area contributed by atoms with Crippen molar-refractivity contribution in [2.75, 3.05) is 7.11 Å². The number of fused-ring (bicyclic) bond motifs is 1. The first-order chi connectivity index (χ1) is 16.1. The Morgan fingerprint density at radius 2 is 1.91 bits per heavy atom. The van der Waals surface area contributed by atoms with Crippen molar-refractivity contribution in [3.63, 3.8) is 0 Å². The lowest BCUT2D eigenvalue weighted by Crippen LogP contribution is -2.24. The molecule has 5 aromatic rings. The molecule has 0 aliphatic carbocycles. The summed E-state index contributed by atoms with van der Waals surface area (Å²) in [5.74, 6) is 1.37. The van der Waals surface area contributed by atoms with Crippen molar-refractivity contribution in [3.05, 3.63) is 96.5 Å². The highest BCUT2D eigenvalue weighted by atomic mass is 16.5. The third-order valence-corrected chi connectivity index (χ3v) is 5.35. The summed E-state index contributed by atoms with van der Waals surface area (Å²) in [7, 11) is 1.66. The topological polar surface area (TPSA) is 86.3 Å².